The van der Waals surface area contributed by atoms with Crippen LogP contribution >= 0.6 is 0 Å². The predicted molar refractivity (Wildman–Crippen MR) is 67.1 cm³/mol. The summed E-state index contributed by atoms with van der Waals surface area (Å²) in [6.07, 6.45) is 3.75. The van der Waals surface area contributed by atoms with Crippen LogP contribution in [0.5, 0.6) is 0 Å². The highest BCUT2D eigenvalue weighted by molar-refractivity contribution is 5.88. The Morgan fingerprint density at radius 1 is 1.21 bits per heavy atom. The third kappa shape index (κ3) is 6.03. The first kappa shape index (κ1) is 15.2. The zero-order chi connectivity index (χ0) is 14.3. The van der Waals surface area contributed by atoms with E-state index in [9.17, 15) is 14.4 Å². The Kier molecular flexibility index (Phi) is 6.05. The largest absolute Gasteiger partial charge is 0.466 e. The van der Waals surface area contributed by atoms with Gasteiger partial charge in [0.15, 0.2) is 0 Å². The lowest BCUT2D eigenvalue weighted by Gasteiger charge is -2.29. The molecule has 1 aliphatic rings. The van der Waals surface area contributed by atoms with Gasteiger partial charge in [-0.25, -0.2) is 0 Å². The van der Waals surface area contributed by atoms with Crippen LogP contribution in [0.4, 0.5) is 0 Å². The van der Waals surface area contributed by atoms with E-state index >= 15 is 0 Å². The number of carbonyl (C=O) groups is 3. The van der Waals surface area contributed by atoms with Crippen LogP contribution in [0, 0.1) is 0 Å². The van der Waals surface area contributed by atoms with Crippen LogP contribution in [-0.2, 0) is 23.9 Å². The molecule has 1 rings (SSSR count). The van der Waals surface area contributed by atoms with Gasteiger partial charge in [-0.3, -0.25) is 14.4 Å². The fourth-order valence-corrected chi connectivity index (χ4v) is 1.56. The maximum atomic E-state index is 11.6. The molecule has 0 spiro atoms. The van der Waals surface area contributed by atoms with Crippen molar-refractivity contribution in [1.29, 1.82) is 0 Å². The molecule has 0 saturated carbocycles. The average Bonchev–Trinajstić information content (AvgIpc) is 2.22. The summed E-state index contributed by atoms with van der Waals surface area (Å²) >= 11 is 0. The van der Waals surface area contributed by atoms with Gasteiger partial charge in [0.05, 0.1) is 6.61 Å². The summed E-state index contributed by atoms with van der Waals surface area (Å²) in [5, 5.41) is 0. The first-order valence-electron chi connectivity index (χ1n) is 6.26. The molecule has 6 heteroatoms. The number of esters is 2. The van der Waals surface area contributed by atoms with Crippen molar-refractivity contribution in [2.45, 2.75) is 32.8 Å². The zero-order valence-corrected chi connectivity index (χ0v) is 11.3. The summed E-state index contributed by atoms with van der Waals surface area (Å²) in [4.78, 5) is 34.9. The molecular weight excluding hydrogens is 250 g/mol. The number of ether oxygens (including phenoxy) is 2. The maximum absolute atomic E-state index is 11.6. The van der Waals surface area contributed by atoms with E-state index in [0.717, 1.165) is 19.5 Å². The standard InChI is InChI=1S/C13H19NO5/c1-10(15)18-9-6-12(19-11(2)16)4-5-13(17)14-7-3-8-14/h4-5,12H,3,6-9H2,1-2H3/b5-4+. The summed E-state index contributed by atoms with van der Waals surface area (Å²) in [6.45, 7) is 4.30. The number of hydrogen-bond donors (Lipinski definition) is 0. The van der Waals surface area contributed by atoms with E-state index in [4.69, 9.17) is 9.47 Å². The Balaban J connectivity index is 2.42. The summed E-state index contributed by atoms with van der Waals surface area (Å²) in [6, 6.07) is 0. The molecule has 1 saturated heterocycles. The van der Waals surface area contributed by atoms with E-state index in [-0.39, 0.29) is 18.5 Å². The third-order valence-electron chi connectivity index (χ3n) is 2.65. The second-order valence-corrected chi connectivity index (χ2v) is 4.31. The van der Waals surface area contributed by atoms with Gasteiger partial charge in [0, 0.05) is 39.4 Å². The minimum absolute atomic E-state index is 0.0871. The van der Waals surface area contributed by atoms with Crippen molar-refractivity contribution in [3.63, 3.8) is 0 Å². The van der Waals surface area contributed by atoms with Gasteiger partial charge < -0.3 is 14.4 Å². The Morgan fingerprint density at radius 2 is 1.89 bits per heavy atom. The molecule has 6 nitrogen and oxygen atoms in total. The molecule has 0 aromatic heterocycles. The number of hydrogen-bond acceptors (Lipinski definition) is 5. The lowest BCUT2D eigenvalue weighted by atomic mass is 10.2. The number of amides is 1. The number of nitrogens with zero attached hydrogens (tertiary/aromatic N) is 1. The van der Waals surface area contributed by atoms with Gasteiger partial charge in [-0.05, 0) is 12.5 Å². The summed E-state index contributed by atoms with van der Waals surface area (Å²) in [7, 11) is 0. The smallest absolute Gasteiger partial charge is 0.303 e. The Hall–Kier alpha value is -1.85. The highest BCUT2D eigenvalue weighted by Crippen LogP contribution is 2.08. The minimum atomic E-state index is -0.554. The SMILES string of the molecule is CC(=O)OCCC(/C=C/C(=O)N1CCC1)OC(C)=O. The molecule has 1 amide bonds. The first-order chi connectivity index (χ1) is 8.99. The topological polar surface area (TPSA) is 72.9 Å². The molecule has 1 heterocycles. The summed E-state index contributed by atoms with van der Waals surface area (Å²) in [5.74, 6) is -0.910. The molecule has 106 valence electrons. The van der Waals surface area contributed by atoms with Crippen LogP contribution in [-0.4, -0.2) is 48.5 Å². The Morgan fingerprint density at radius 3 is 2.37 bits per heavy atom. The van der Waals surface area contributed by atoms with E-state index in [1.54, 1.807) is 4.90 Å². The van der Waals surface area contributed by atoms with Gasteiger partial charge in [-0.15, -0.1) is 0 Å². The highest BCUT2D eigenvalue weighted by Gasteiger charge is 2.18. The molecule has 19 heavy (non-hydrogen) atoms. The summed E-state index contributed by atoms with van der Waals surface area (Å²) < 4.78 is 9.81. The van der Waals surface area contributed by atoms with Crippen molar-refractivity contribution in [3.05, 3.63) is 12.2 Å². The van der Waals surface area contributed by atoms with Crippen molar-refractivity contribution in [3.8, 4) is 0 Å². The van der Waals surface area contributed by atoms with Crippen molar-refractivity contribution in [2.75, 3.05) is 19.7 Å². The Labute approximate surface area is 112 Å². The van der Waals surface area contributed by atoms with E-state index in [1.807, 2.05) is 0 Å². The normalized spacial score (nSPS) is 15.8. The summed E-state index contributed by atoms with van der Waals surface area (Å²) in [5.41, 5.74) is 0. The van der Waals surface area contributed by atoms with E-state index in [1.165, 1.54) is 26.0 Å². The van der Waals surface area contributed by atoms with Gasteiger partial charge in [0.1, 0.15) is 6.10 Å². The molecule has 0 aromatic carbocycles. The van der Waals surface area contributed by atoms with Gasteiger partial charge >= 0.3 is 11.9 Å². The maximum Gasteiger partial charge on any atom is 0.303 e. The molecule has 0 aliphatic carbocycles. The van der Waals surface area contributed by atoms with Crippen LogP contribution < -0.4 is 0 Å². The monoisotopic (exact) mass is 269 g/mol. The Bertz CT molecular complexity index is 373. The quantitative estimate of drug-likeness (QED) is 0.523. The molecule has 0 N–H and O–H groups in total. The highest BCUT2D eigenvalue weighted by atomic mass is 16.6. The molecule has 1 atom stereocenters. The van der Waals surface area contributed by atoms with Crippen molar-refractivity contribution in [1.82, 2.24) is 4.90 Å². The number of likely N-dealkylation sites (tertiary alicyclic amines) is 1. The lowest BCUT2D eigenvalue weighted by molar-refractivity contribution is -0.146. The van der Waals surface area contributed by atoms with Crippen LogP contribution in [0.3, 0.4) is 0 Å². The van der Waals surface area contributed by atoms with Crippen LogP contribution in [0.25, 0.3) is 0 Å². The van der Waals surface area contributed by atoms with Crippen molar-refractivity contribution in [2.24, 2.45) is 0 Å². The van der Waals surface area contributed by atoms with Gasteiger partial charge in [-0.2, -0.15) is 0 Å². The van der Waals surface area contributed by atoms with Crippen LogP contribution in [0.1, 0.15) is 26.7 Å². The average molecular weight is 269 g/mol. The fraction of sp³-hybridized carbons (Fsp3) is 0.615. The third-order valence-corrected chi connectivity index (χ3v) is 2.65. The van der Waals surface area contributed by atoms with Gasteiger partial charge in [0.2, 0.25) is 5.91 Å². The van der Waals surface area contributed by atoms with E-state index in [2.05, 4.69) is 0 Å². The van der Waals surface area contributed by atoms with Crippen LogP contribution in [0.15, 0.2) is 12.2 Å². The molecule has 1 unspecified atom stereocenters. The number of carbonyl (C=O) groups excluding carboxylic acids is 3. The fourth-order valence-electron chi connectivity index (χ4n) is 1.56. The van der Waals surface area contributed by atoms with Crippen molar-refractivity contribution < 1.29 is 23.9 Å². The molecule has 0 radical (unpaired) electrons. The van der Waals surface area contributed by atoms with Crippen LogP contribution in [0.2, 0.25) is 0 Å². The van der Waals surface area contributed by atoms with E-state index < -0.39 is 12.1 Å². The minimum Gasteiger partial charge on any atom is -0.466 e. The van der Waals surface area contributed by atoms with E-state index in [0.29, 0.717) is 6.42 Å². The molecule has 1 fully saturated rings. The van der Waals surface area contributed by atoms with Gasteiger partial charge in [0.25, 0.3) is 0 Å². The number of rotatable bonds is 6. The second kappa shape index (κ2) is 7.56. The lowest BCUT2D eigenvalue weighted by Crippen LogP contribution is -2.41. The second-order valence-electron chi connectivity index (χ2n) is 4.31. The molecule has 1 aliphatic heterocycles. The molecule has 0 bridgehead atoms. The van der Waals surface area contributed by atoms with Gasteiger partial charge in [-0.1, -0.05) is 0 Å². The zero-order valence-electron chi connectivity index (χ0n) is 11.3. The first-order valence-corrected chi connectivity index (χ1v) is 6.26. The predicted octanol–water partition coefficient (Wildman–Crippen LogP) is 0.660. The van der Waals surface area contributed by atoms with Crippen molar-refractivity contribution >= 4 is 17.8 Å². The molecular formula is C13H19NO5. The molecule has 0 aromatic rings.